The predicted molar refractivity (Wildman–Crippen MR) is 30.4 cm³/mol. The summed E-state index contributed by atoms with van der Waals surface area (Å²) in [6, 6.07) is 1.48. The van der Waals surface area contributed by atoms with E-state index in [1.165, 1.54) is 0 Å². The van der Waals surface area contributed by atoms with E-state index in [1.807, 2.05) is 0 Å². The second-order valence-electron chi connectivity index (χ2n) is 2.03. The average Bonchev–Trinajstić information content (AvgIpc) is 1.82. The first-order valence-electron chi connectivity index (χ1n) is 2.88. The van der Waals surface area contributed by atoms with Crippen LogP contribution < -0.4 is 4.73 Å². The molecule has 0 saturated heterocycles. The summed E-state index contributed by atoms with van der Waals surface area (Å²) >= 11 is 0. The molecule has 1 heterocycles. The van der Waals surface area contributed by atoms with Crippen LogP contribution in [0.15, 0.2) is 18.3 Å². The second-order valence-corrected chi connectivity index (χ2v) is 2.03. The number of nitrogens with zero attached hydrogens (tertiary/aromatic N) is 1. The number of hydrogen-bond acceptors (Lipinski definition) is 1. The smallest absolute Gasteiger partial charge is 0.482 e. The van der Waals surface area contributed by atoms with Crippen LogP contribution in [0.5, 0.6) is 0 Å². The zero-order valence-corrected chi connectivity index (χ0v) is 5.60. The van der Waals surface area contributed by atoms with E-state index in [0.717, 1.165) is 6.07 Å². The highest BCUT2D eigenvalue weighted by molar-refractivity contribution is 5.04. The minimum atomic E-state index is -4.95. The highest BCUT2D eigenvalue weighted by Gasteiger charge is 2.43. The van der Waals surface area contributed by atoms with E-state index in [4.69, 9.17) is 0 Å². The van der Waals surface area contributed by atoms with Crippen molar-refractivity contribution in [2.24, 2.45) is 0 Å². The van der Waals surface area contributed by atoms with Gasteiger partial charge in [0.15, 0.2) is 6.20 Å². The monoisotopic (exact) mass is 181 g/mol. The van der Waals surface area contributed by atoms with Gasteiger partial charge in [-0.05, 0) is 6.07 Å². The van der Waals surface area contributed by atoms with Gasteiger partial charge in [0.2, 0.25) is 5.82 Å². The van der Waals surface area contributed by atoms with E-state index in [-0.39, 0.29) is 0 Å². The Morgan fingerprint density at radius 2 is 1.92 bits per heavy atom. The van der Waals surface area contributed by atoms with Crippen LogP contribution in [0.3, 0.4) is 0 Å². The standard InChI is InChI=1S/C6H3F4NO/c7-4-2-1-3-11(12)5(4)6(8,9)10/h1-3H. The van der Waals surface area contributed by atoms with Crippen LogP contribution in [-0.2, 0) is 6.18 Å². The highest BCUT2D eigenvalue weighted by atomic mass is 19.4. The minimum Gasteiger partial charge on any atom is -0.618 e. The van der Waals surface area contributed by atoms with Gasteiger partial charge < -0.3 is 5.21 Å². The molecule has 1 aromatic heterocycles. The van der Waals surface area contributed by atoms with E-state index in [9.17, 15) is 22.8 Å². The molecule has 66 valence electrons. The third kappa shape index (κ3) is 1.46. The highest BCUT2D eigenvalue weighted by Crippen LogP contribution is 2.27. The molecule has 0 aliphatic carbocycles. The van der Waals surface area contributed by atoms with Crippen molar-refractivity contribution in [3.8, 4) is 0 Å². The van der Waals surface area contributed by atoms with Crippen LogP contribution in [0.25, 0.3) is 0 Å². The van der Waals surface area contributed by atoms with Crippen molar-refractivity contribution in [3.05, 3.63) is 35.0 Å². The van der Waals surface area contributed by atoms with E-state index >= 15 is 0 Å². The molecule has 0 unspecified atom stereocenters. The molecule has 0 aliphatic rings. The number of halogens is 4. The first-order chi connectivity index (χ1) is 5.43. The predicted octanol–water partition coefficient (Wildman–Crippen LogP) is 1.48. The Morgan fingerprint density at radius 3 is 2.25 bits per heavy atom. The summed E-state index contributed by atoms with van der Waals surface area (Å²) in [7, 11) is 0. The Hall–Kier alpha value is -1.33. The molecular formula is C6H3F4NO. The van der Waals surface area contributed by atoms with Gasteiger partial charge in [-0.25, -0.2) is 0 Å². The van der Waals surface area contributed by atoms with E-state index < -0.39 is 22.4 Å². The topological polar surface area (TPSA) is 26.9 Å². The molecule has 0 bridgehead atoms. The number of hydrogen-bond donors (Lipinski definition) is 0. The molecule has 6 heteroatoms. The van der Waals surface area contributed by atoms with Gasteiger partial charge in [-0.2, -0.15) is 22.3 Å². The van der Waals surface area contributed by atoms with Crippen LogP contribution in [0.4, 0.5) is 17.6 Å². The van der Waals surface area contributed by atoms with Crippen molar-refractivity contribution in [2.45, 2.75) is 6.18 Å². The summed E-state index contributed by atoms with van der Waals surface area (Å²) in [6.07, 6.45) is -4.36. The maximum Gasteiger partial charge on any atom is 0.482 e. The van der Waals surface area contributed by atoms with Crippen LogP contribution in [0.1, 0.15) is 5.69 Å². The summed E-state index contributed by atoms with van der Waals surface area (Å²) < 4.78 is 47.4. The summed E-state index contributed by atoms with van der Waals surface area (Å²) in [6.45, 7) is 0. The van der Waals surface area contributed by atoms with Gasteiger partial charge in [0.1, 0.15) is 0 Å². The number of pyridine rings is 1. The van der Waals surface area contributed by atoms with Crippen molar-refractivity contribution >= 4 is 0 Å². The number of rotatable bonds is 0. The van der Waals surface area contributed by atoms with Gasteiger partial charge in [-0.1, -0.05) is 0 Å². The van der Waals surface area contributed by atoms with Gasteiger partial charge >= 0.3 is 11.9 Å². The van der Waals surface area contributed by atoms with Gasteiger partial charge in [0.05, 0.1) is 0 Å². The zero-order valence-electron chi connectivity index (χ0n) is 5.60. The lowest BCUT2D eigenvalue weighted by atomic mass is 10.3. The molecule has 2 nitrogen and oxygen atoms in total. The molecule has 12 heavy (non-hydrogen) atoms. The van der Waals surface area contributed by atoms with Crippen LogP contribution in [0.2, 0.25) is 0 Å². The van der Waals surface area contributed by atoms with E-state index in [0.29, 0.717) is 12.3 Å². The Balaban J connectivity index is 3.31. The van der Waals surface area contributed by atoms with Crippen molar-refractivity contribution in [2.75, 3.05) is 0 Å². The van der Waals surface area contributed by atoms with Crippen LogP contribution in [-0.4, -0.2) is 0 Å². The first kappa shape index (κ1) is 8.76. The fourth-order valence-corrected chi connectivity index (χ4v) is 0.725. The Labute approximate surface area is 64.6 Å². The molecule has 0 aromatic carbocycles. The van der Waals surface area contributed by atoms with E-state index in [1.54, 1.807) is 0 Å². The summed E-state index contributed by atoms with van der Waals surface area (Å²) in [5, 5.41) is 10.4. The lowest BCUT2D eigenvalue weighted by Gasteiger charge is -2.06. The quantitative estimate of drug-likeness (QED) is 0.338. The molecule has 0 amide bonds. The zero-order chi connectivity index (χ0) is 9.35. The molecule has 0 radical (unpaired) electrons. The summed E-state index contributed by atoms with van der Waals surface area (Å²) in [5.41, 5.74) is -1.81. The molecule has 0 aliphatic heterocycles. The third-order valence-corrected chi connectivity index (χ3v) is 1.18. The fourth-order valence-electron chi connectivity index (χ4n) is 0.725. The molecule has 0 spiro atoms. The van der Waals surface area contributed by atoms with Crippen molar-refractivity contribution < 1.29 is 22.3 Å². The molecule has 0 fully saturated rings. The van der Waals surface area contributed by atoms with Crippen molar-refractivity contribution in [1.82, 2.24) is 0 Å². The van der Waals surface area contributed by atoms with Gasteiger partial charge in [-0.3, -0.25) is 0 Å². The molecule has 0 saturated carbocycles. The normalized spacial score (nSPS) is 11.7. The maximum atomic E-state index is 12.4. The first-order valence-corrected chi connectivity index (χ1v) is 2.88. The summed E-state index contributed by atoms with van der Waals surface area (Å²) in [5.74, 6) is -1.57. The Bertz CT molecular complexity index is 276. The van der Waals surface area contributed by atoms with E-state index in [2.05, 4.69) is 0 Å². The average molecular weight is 181 g/mol. The Kier molecular flexibility index (Phi) is 1.91. The maximum absolute atomic E-state index is 12.4. The molecular weight excluding hydrogens is 178 g/mol. The lowest BCUT2D eigenvalue weighted by Crippen LogP contribution is -2.37. The SMILES string of the molecule is [O-][n+]1cccc(F)c1C(F)(F)F. The van der Waals surface area contributed by atoms with Crippen LogP contribution in [0, 0.1) is 11.0 Å². The summed E-state index contributed by atoms with van der Waals surface area (Å²) in [4.78, 5) is 0. The van der Waals surface area contributed by atoms with Crippen molar-refractivity contribution in [3.63, 3.8) is 0 Å². The molecule has 1 aromatic rings. The minimum absolute atomic E-state index is 0.546. The lowest BCUT2D eigenvalue weighted by molar-refractivity contribution is -0.631. The van der Waals surface area contributed by atoms with Crippen LogP contribution >= 0.6 is 0 Å². The van der Waals surface area contributed by atoms with Gasteiger partial charge in [0, 0.05) is 6.07 Å². The van der Waals surface area contributed by atoms with Crippen molar-refractivity contribution in [1.29, 1.82) is 0 Å². The molecule has 0 atom stereocenters. The Morgan fingerprint density at radius 1 is 1.33 bits per heavy atom. The third-order valence-electron chi connectivity index (χ3n) is 1.18. The van der Waals surface area contributed by atoms with Gasteiger partial charge in [-0.15, -0.1) is 0 Å². The largest absolute Gasteiger partial charge is 0.618 e. The second kappa shape index (κ2) is 2.62. The number of alkyl halides is 3. The molecule has 1 rings (SSSR count). The number of aromatic nitrogens is 1. The van der Waals surface area contributed by atoms with Gasteiger partial charge in [0.25, 0.3) is 0 Å². The molecule has 0 N–H and O–H groups in total. The fraction of sp³-hybridized carbons (Fsp3) is 0.167.